The fraction of sp³-hybridized carbons (Fsp3) is 0.906. The third-order valence-electron chi connectivity index (χ3n) is 13.3. The summed E-state index contributed by atoms with van der Waals surface area (Å²) in [6, 6.07) is 0. The van der Waals surface area contributed by atoms with Gasteiger partial charge in [0.1, 0.15) is 6.10 Å². The van der Waals surface area contributed by atoms with Crippen LogP contribution in [0.1, 0.15) is 126 Å². The van der Waals surface area contributed by atoms with Crippen molar-refractivity contribution in [1.29, 1.82) is 0 Å². The average molecular weight is 469 g/mol. The summed E-state index contributed by atoms with van der Waals surface area (Å²) >= 11 is 0. The van der Waals surface area contributed by atoms with Gasteiger partial charge in [0, 0.05) is 12.3 Å². The van der Waals surface area contributed by atoms with Crippen LogP contribution >= 0.6 is 0 Å². The van der Waals surface area contributed by atoms with E-state index in [1.54, 1.807) is 6.92 Å². The topological polar surface area (TPSA) is 26.3 Å². The Balaban J connectivity index is 1.39. The molecule has 0 bridgehead atoms. The fourth-order valence-electron chi connectivity index (χ4n) is 11.5. The fourth-order valence-corrected chi connectivity index (χ4v) is 11.5. The highest BCUT2D eigenvalue weighted by molar-refractivity contribution is 5.66. The largest absolute Gasteiger partial charge is 0.462 e. The molecule has 5 fully saturated rings. The minimum Gasteiger partial charge on any atom is -0.462 e. The zero-order valence-electron chi connectivity index (χ0n) is 23.6. The second-order valence-corrected chi connectivity index (χ2v) is 14.9. The molecule has 9 atom stereocenters. The van der Waals surface area contributed by atoms with Gasteiger partial charge in [-0.1, -0.05) is 46.3 Å². The van der Waals surface area contributed by atoms with E-state index in [2.05, 4.69) is 54.5 Å². The number of hydrogen-bond acceptors (Lipinski definition) is 2. The Hall–Kier alpha value is -0.790. The van der Waals surface area contributed by atoms with Crippen LogP contribution in [0.4, 0.5) is 0 Å². The van der Waals surface area contributed by atoms with Crippen LogP contribution in [0.5, 0.6) is 0 Å². The number of fused-ring (bicyclic) bond motifs is 2. The molecule has 5 saturated carbocycles. The second kappa shape index (κ2) is 7.85. The van der Waals surface area contributed by atoms with Gasteiger partial charge < -0.3 is 4.74 Å². The van der Waals surface area contributed by atoms with E-state index in [-0.39, 0.29) is 17.5 Å². The predicted octanol–water partition coefficient (Wildman–Crippen LogP) is 8.74. The molecule has 0 heterocycles. The Morgan fingerprint density at radius 3 is 2.24 bits per heavy atom. The van der Waals surface area contributed by atoms with Crippen molar-refractivity contribution < 1.29 is 9.53 Å². The normalized spacial score (nSPS) is 49.1. The van der Waals surface area contributed by atoms with Gasteiger partial charge in [-0.25, -0.2) is 0 Å². The van der Waals surface area contributed by atoms with E-state index in [0.717, 1.165) is 30.1 Å². The van der Waals surface area contributed by atoms with Gasteiger partial charge in [0.2, 0.25) is 0 Å². The zero-order chi connectivity index (χ0) is 24.7. The molecule has 0 aromatic heterocycles. The maximum Gasteiger partial charge on any atom is 0.302 e. The molecule has 0 amide bonds. The predicted molar refractivity (Wildman–Crippen MR) is 140 cm³/mol. The lowest BCUT2D eigenvalue weighted by Gasteiger charge is -2.63. The maximum absolute atomic E-state index is 11.8. The minimum atomic E-state index is -0.0927. The van der Waals surface area contributed by atoms with E-state index in [0.29, 0.717) is 21.7 Å². The SMILES string of the molecule is CC(=O)O[C@H]1CC[C@]23C[C@]24CC[C@]2(C)[C@@H]([C@@H](C)CCC=C(C)C)CC[C@@]2(C)[C@H]4CC[C@H]3C1(C)C. The van der Waals surface area contributed by atoms with Crippen molar-refractivity contribution in [2.45, 2.75) is 132 Å². The first-order valence-corrected chi connectivity index (χ1v) is 14.6. The number of ether oxygens (including phenoxy) is 1. The van der Waals surface area contributed by atoms with Crippen molar-refractivity contribution in [1.82, 2.24) is 0 Å². The Morgan fingerprint density at radius 2 is 1.56 bits per heavy atom. The molecule has 2 spiro atoms. The van der Waals surface area contributed by atoms with E-state index in [1.807, 2.05) is 0 Å². The standard InChI is InChI=1S/C32H52O2/c1-21(2)10-9-11-22(3)24-14-16-30(8)26-13-12-25-28(5,6)27(34-23(4)33)15-17-31(25)20-32(26,31)19-18-29(24,30)7/h10,22,24-27H,9,11-20H2,1-8H3/t22-,24+,25-,26+,27-,29+,30-,31+,32-/m0/s1. The number of carbonyl (C=O) groups is 1. The Bertz CT molecular complexity index is 866. The summed E-state index contributed by atoms with van der Waals surface area (Å²) in [4.78, 5) is 11.8. The van der Waals surface area contributed by atoms with Crippen molar-refractivity contribution in [2.75, 3.05) is 0 Å². The van der Waals surface area contributed by atoms with Gasteiger partial charge in [-0.2, -0.15) is 0 Å². The van der Waals surface area contributed by atoms with Crippen LogP contribution in [0.3, 0.4) is 0 Å². The number of hydrogen-bond donors (Lipinski definition) is 0. The summed E-state index contributed by atoms with van der Waals surface area (Å²) in [6.07, 6.45) is 17.6. The first-order valence-electron chi connectivity index (χ1n) is 14.6. The smallest absolute Gasteiger partial charge is 0.302 e. The highest BCUT2D eigenvalue weighted by atomic mass is 16.5. The highest BCUT2D eigenvalue weighted by Gasteiger charge is 2.82. The number of esters is 1. The van der Waals surface area contributed by atoms with Gasteiger partial charge in [-0.05, 0) is 130 Å². The van der Waals surface area contributed by atoms with Crippen molar-refractivity contribution in [3.63, 3.8) is 0 Å². The van der Waals surface area contributed by atoms with Crippen molar-refractivity contribution in [3.05, 3.63) is 11.6 Å². The molecule has 34 heavy (non-hydrogen) atoms. The summed E-state index contributed by atoms with van der Waals surface area (Å²) in [6.45, 7) is 18.9. The lowest BCUT2D eigenvalue weighted by atomic mass is 9.41. The zero-order valence-corrected chi connectivity index (χ0v) is 23.6. The Kier molecular flexibility index (Phi) is 5.75. The third-order valence-corrected chi connectivity index (χ3v) is 13.3. The van der Waals surface area contributed by atoms with Crippen LogP contribution in [-0.4, -0.2) is 12.1 Å². The molecule has 0 unspecified atom stereocenters. The summed E-state index contributed by atoms with van der Waals surface area (Å²) in [5.41, 5.74) is 3.71. The lowest BCUT2D eigenvalue weighted by Crippen LogP contribution is -2.58. The molecule has 0 radical (unpaired) electrons. The van der Waals surface area contributed by atoms with E-state index in [9.17, 15) is 4.79 Å². The Labute approximate surface area is 210 Å². The van der Waals surface area contributed by atoms with Gasteiger partial charge in [0.05, 0.1) is 0 Å². The molecular formula is C32H52O2. The van der Waals surface area contributed by atoms with Crippen molar-refractivity contribution >= 4 is 5.97 Å². The highest BCUT2D eigenvalue weighted by Crippen LogP contribution is 2.89. The van der Waals surface area contributed by atoms with Crippen LogP contribution in [-0.2, 0) is 9.53 Å². The van der Waals surface area contributed by atoms with E-state index in [4.69, 9.17) is 4.74 Å². The van der Waals surface area contributed by atoms with E-state index < -0.39 is 0 Å². The van der Waals surface area contributed by atoms with E-state index >= 15 is 0 Å². The number of allylic oxidation sites excluding steroid dienone is 2. The van der Waals surface area contributed by atoms with Crippen molar-refractivity contribution in [3.8, 4) is 0 Å². The molecule has 0 aromatic rings. The van der Waals surface area contributed by atoms with Crippen LogP contribution in [0.25, 0.3) is 0 Å². The quantitative estimate of drug-likeness (QED) is 0.298. The molecule has 0 aliphatic heterocycles. The summed E-state index contributed by atoms with van der Waals surface area (Å²) in [5.74, 6) is 3.27. The first-order chi connectivity index (χ1) is 15.8. The van der Waals surface area contributed by atoms with Crippen LogP contribution in [0.15, 0.2) is 11.6 Å². The van der Waals surface area contributed by atoms with Crippen LogP contribution in [0.2, 0.25) is 0 Å². The molecule has 5 rings (SSSR count). The number of rotatable bonds is 5. The van der Waals surface area contributed by atoms with Gasteiger partial charge in [-0.3, -0.25) is 4.79 Å². The average Bonchev–Trinajstić information content (AvgIpc) is 3.32. The second-order valence-electron chi connectivity index (χ2n) is 14.9. The molecular weight excluding hydrogens is 416 g/mol. The molecule has 5 aliphatic carbocycles. The molecule has 192 valence electrons. The minimum absolute atomic E-state index is 0.0927. The molecule has 2 nitrogen and oxygen atoms in total. The van der Waals surface area contributed by atoms with Gasteiger partial charge in [-0.15, -0.1) is 0 Å². The summed E-state index contributed by atoms with van der Waals surface area (Å²) in [5, 5.41) is 0. The molecule has 0 aromatic carbocycles. The summed E-state index contributed by atoms with van der Waals surface area (Å²) < 4.78 is 5.90. The molecule has 0 saturated heterocycles. The molecule has 5 aliphatic rings. The first kappa shape index (κ1) is 24.9. The molecule has 2 heteroatoms. The number of carbonyl (C=O) groups excluding carboxylic acids is 1. The van der Waals surface area contributed by atoms with Crippen LogP contribution < -0.4 is 0 Å². The van der Waals surface area contributed by atoms with E-state index in [1.165, 1.54) is 69.8 Å². The summed E-state index contributed by atoms with van der Waals surface area (Å²) in [7, 11) is 0. The third kappa shape index (κ3) is 3.14. The molecule has 0 N–H and O–H groups in total. The van der Waals surface area contributed by atoms with Gasteiger partial charge in [0.15, 0.2) is 0 Å². The maximum atomic E-state index is 11.8. The lowest BCUT2D eigenvalue weighted by molar-refractivity contribution is -0.181. The van der Waals surface area contributed by atoms with Gasteiger partial charge >= 0.3 is 5.97 Å². The van der Waals surface area contributed by atoms with Gasteiger partial charge in [0.25, 0.3) is 0 Å². The Morgan fingerprint density at radius 1 is 0.882 bits per heavy atom. The van der Waals surface area contributed by atoms with Crippen molar-refractivity contribution in [2.24, 2.45) is 50.7 Å². The monoisotopic (exact) mass is 468 g/mol. The van der Waals surface area contributed by atoms with Crippen LogP contribution in [0, 0.1) is 50.7 Å².